The zero-order chi connectivity index (χ0) is 18.7. The molecule has 0 heterocycles. The van der Waals surface area contributed by atoms with Crippen molar-refractivity contribution in [3.8, 4) is 5.75 Å². The molecule has 0 spiro atoms. The summed E-state index contributed by atoms with van der Waals surface area (Å²) in [7, 11) is 0. The van der Waals surface area contributed by atoms with E-state index >= 15 is 0 Å². The third-order valence-corrected chi connectivity index (χ3v) is 4.59. The lowest BCUT2D eigenvalue weighted by molar-refractivity contribution is -0.122. The van der Waals surface area contributed by atoms with Crippen LogP contribution in [0.1, 0.15) is 30.0 Å². The minimum absolute atomic E-state index is 0.115. The fraction of sp³-hybridized carbons (Fsp3) is 0.261. The molecule has 1 amide bonds. The highest BCUT2D eigenvalue weighted by molar-refractivity contribution is 5.96. The fourth-order valence-electron chi connectivity index (χ4n) is 3.31. The number of fused-ring (bicyclic) bond motifs is 1. The molecule has 134 valence electrons. The summed E-state index contributed by atoms with van der Waals surface area (Å²) in [4.78, 5) is 12.8. The predicted octanol–water partition coefficient (Wildman–Crippen LogP) is 5.56. The van der Waals surface area contributed by atoms with Gasteiger partial charge >= 0.3 is 0 Å². The van der Waals surface area contributed by atoms with Crippen LogP contribution in [0, 0.1) is 20.8 Å². The van der Waals surface area contributed by atoms with Crippen molar-refractivity contribution in [3.63, 3.8) is 0 Å². The van der Waals surface area contributed by atoms with Gasteiger partial charge in [0.05, 0.1) is 0 Å². The molecular weight excluding hydrogens is 322 g/mol. The molecule has 0 saturated heterocycles. The smallest absolute Gasteiger partial charge is 0.265 e. The molecule has 3 nitrogen and oxygen atoms in total. The molecule has 0 saturated carbocycles. The summed E-state index contributed by atoms with van der Waals surface area (Å²) in [6, 6.07) is 18.2. The summed E-state index contributed by atoms with van der Waals surface area (Å²) in [5, 5.41) is 5.31. The van der Waals surface area contributed by atoms with Crippen LogP contribution in [0.15, 0.2) is 54.6 Å². The number of hydrogen-bond donors (Lipinski definition) is 1. The Kier molecular flexibility index (Phi) is 5.27. The van der Waals surface area contributed by atoms with Crippen LogP contribution in [0.5, 0.6) is 5.75 Å². The Morgan fingerprint density at radius 1 is 0.962 bits per heavy atom. The Hall–Kier alpha value is -2.81. The fourth-order valence-corrected chi connectivity index (χ4v) is 3.31. The molecular formula is C23H25NO2. The van der Waals surface area contributed by atoms with Crippen LogP contribution >= 0.6 is 0 Å². The van der Waals surface area contributed by atoms with E-state index in [9.17, 15) is 4.79 Å². The van der Waals surface area contributed by atoms with Gasteiger partial charge in [0.25, 0.3) is 5.91 Å². The molecule has 0 radical (unpaired) electrons. The van der Waals surface area contributed by atoms with Gasteiger partial charge in [0.15, 0.2) is 6.10 Å². The molecule has 1 N–H and O–H groups in total. The normalized spacial score (nSPS) is 12.0. The lowest BCUT2D eigenvalue weighted by Crippen LogP contribution is -2.32. The third kappa shape index (κ3) is 3.88. The van der Waals surface area contributed by atoms with E-state index in [0.717, 1.165) is 27.6 Å². The molecule has 3 aromatic rings. The highest BCUT2D eigenvalue weighted by atomic mass is 16.5. The van der Waals surface area contributed by atoms with Crippen LogP contribution in [0.3, 0.4) is 0 Å². The van der Waals surface area contributed by atoms with Crippen molar-refractivity contribution in [3.05, 3.63) is 71.3 Å². The minimum atomic E-state index is -0.531. The summed E-state index contributed by atoms with van der Waals surface area (Å²) in [5.74, 6) is 0.596. The maximum atomic E-state index is 12.8. The lowest BCUT2D eigenvalue weighted by atomic mass is 10.0. The predicted molar refractivity (Wildman–Crippen MR) is 108 cm³/mol. The second kappa shape index (κ2) is 7.61. The standard InChI is InChI=1S/C23H25NO2/c1-5-21(23(25)24-22-16(3)12-15(2)13-17(22)4)26-20-11-10-18-8-6-7-9-19(18)14-20/h6-14,21H,5H2,1-4H3,(H,24,25). The highest BCUT2D eigenvalue weighted by Gasteiger charge is 2.20. The minimum Gasteiger partial charge on any atom is -0.481 e. The van der Waals surface area contributed by atoms with Crippen molar-refractivity contribution in [1.29, 1.82) is 0 Å². The summed E-state index contributed by atoms with van der Waals surface area (Å²) in [6.07, 6.45) is 0.0686. The number of benzene rings is 3. The molecule has 3 heteroatoms. The molecule has 0 bridgehead atoms. The first-order chi connectivity index (χ1) is 12.5. The first-order valence-corrected chi connectivity index (χ1v) is 9.02. The molecule has 1 unspecified atom stereocenters. The van der Waals surface area contributed by atoms with Crippen molar-refractivity contribution in [2.45, 2.75) is 40.2 Å². The first kappa shape index (κ1) is 18.0. The van der Waals surface area contributed by atoms with E-state index in [0.29, 0.717) is 12.2 Å². The van der Waals surface area contributed by atoms with Gasteiger partial charge in [-0.15, -0.1) is 0 Å². The number of amides is 1. The van der Waals surface area contributed by atoms with E-state index in [4.69, 9.17) is 4.74 Å². The van der Waals surface area contributed by atoms with Gasteiger partial charge in [0.2, 0.25) is 0 Å². The summed E-state index contributed by atoms with van der Waals surface area (Å²) >= 11 is 0. The summed E-state index contributed by atoms with van der Waals surface area (Å²) in [6.45, 7) is 8.05. The Bertz CT molecular complexity index is 923. The van der Waals surface area contributed by atoms with E-state index in [-0.39, 0.29) is 5.91 Å². The molecule has 0 aliphatic heterocycles. The zero-order valence-corrected chi connectivity index (χ0v) is 15.8. The van der Waals surface area contributed by atoms with Crippen molar-refractivity contribution in [1.82, 2.24) is 0 Å². The van der Waals surface area contributed by atoms with E-state index < -0.39 is 6.10 Å². The molecule has 0 aliphatic carbocycles. The molecule has 3 aromatic carbocycles. The van der Waals surface area contributed by atoms with E-state index in [1.165, 1.54) is 5.56 Å². The molecule has 1 atom stereocenters. The monoisotopic (exact) mass is 347 g/mol. The lowest BCUT2D eigenvalue weighted by Gasteiger charge is -2.19. The van der Waals surface area contributed by atoms with Crippen molar-refractivity contribution < 1.29 is 9.53 Å². The van der Waals surface area contributed by atoms with E-state index in [1.807, 2.05) is 57.2 Å². The van der Waals surface area contributed by atoms with E-state index in [2.05, 4.69) is 30.4 Å². The summed E-state index contributed by atoms with van der Waals surface area (Å²) in [5.41, 5.74) is 4.20. The number of hydrogen-bond acceptors (Lipinski definition) is 2. The van der Waals surface area contributed by atoms with E-state index in [1.54, 1.807) is 0 Å². The van der Waals surface area contributed by atoms with Gasteiger partial charge in [0, 0.05) is 5.69 Å². The number of nitrogens with one attached hydrogen (secondary N) is 1. The van der Waals surface area contributed by atoms with Gasteiger partial charge < -0.3 is 10.1 Å². The maximum absolute atomic E-state index is 12.8. The number of carbonyl (C=O) groups excluding carboxylic acids is 1. The molecule has 0 fully saturated rings. The Morgan fingerprint density at radius 2 is 1.62 bits per heavy atom. The van der Waals surface area contributed by atoms with Crippen LogP contribution in [0.25, 0.3) is 10.8 Å². The van der Waals surface area contributed by atoms with Crippen LogP contribution in [0.2, 0.25) is 0 Å². The number of aryl methyl sites for hydroxylation is 3. The maximum Gasteiger partial charge on any atom is 0.265 e. The molecule has 26 heavy (non-hydrogen) atoms. The van der Waals surface area contributed by atoms with Crippen LogP contribution in [-0.2, 0) is 4.79 Å². The van der Waals surface area contributed by atoms with Gasteiger partial charge in [-0.05, 0) is 61.2 Å². The van der Waals surface area contributed by atoms with Crippen molar-refractivity contribution in [2.75, 3.05) is 5.32 Å². The second-order valence-electron chi connectivity index (χ2n) is 6.79. The SMILES string of the molecule is CCC(Oc1ccc2ccccc2c1)C(=O)Nc1c(C)cc(C)cc1C. The number of anilines is 1. The number of rotatable bonds is 5. The first-order valence-electron chi connectivity index (χ1n) is 9.02. The topological polar surface area (TPSA) is 38.3 Å². The molecule has 3 rings (SSSR count). The number of ether oxygens (including phenoxy) is 1. The zero-order valence-electron chi connectivity index (χ0n) is 15.8. The van der Waals surface area contributed by atoms with Crippen molar-refractivity contribution in [2.24, 2.45) is 0 Å². The van der Waals surface area contributed by atoms with Crippen LogP contribution in [-0.4, -0.2) is 12.0 Å². The summed E-state index contributed by atoms with van der Waals surface area (Å²) < 4.78 is 6.00. The molecule has 0 aliphatic rings. The van der Waals surface area contributed by atoms with Gasteiger partial charge in [-0.3, -0.25) is 4.79 Å². The third-order valence-electron chi connectivity index (χ3n) is 4.59. The van der Waals surface area contributed by atoms with Gasteiger partial charge in [0.1, 0.15) is 5.75 Å². The van der Waals surface area contributed by atoms with Gasteiger partial charge in [-0.2, -0.15) is 0 Å². The second-order valence-corrected chi connectivity index (χ2v) is 6.79. The quantitative estimate of drug-likeness (QED) is 0.656. The Morgan fingerprint density at radius 3 is 2.27 bits per heavy atom. The van der Waals surface area contributed by atoms with Gasteiger partial charge in [-0.1, -0.05) is 55.0 Å². The van der Waals surface area contributed by atoms with Crippen molar-refractivity contribution >= 4 is 22.4 Å². The molecule has 0 aromatic heterocycles. The highest BCUT2D eigenvalue weighted by Crippen LogP contribution is 2.24. The number of carbonyl (C=O) groups is 1. The van der Waals surface area contributed by atoms with Crippen LogP contribution in [0.4, 0.5) is 5.69 Å². The largest absolute Gasteiger partial charge is 0.481 e. The van der Waals surface area contributed by atoms with Crippen LogP contribution < -0.4 is 10.1 Å². The average molecular weight is 347 g/mol. The Labute approximate surface area is 155 Å². The average Bonchev–Trinajstić information content (AvgIpc) is 2.62. The van der Waals surface area contributed by atoms with Gasteiger partial charge in [-0.25, -0.2) is 0 Å². The Balaban J connectivity index is 1.78.